The molecule has 1 rings (SSSR count). The molecule has 6 heteroatoms. The molecule has 1 heterocycles. The number of rotatable bonds is 2. The highest BCUT2D eigenvalue weighted by atomic mass is 32.2. The first-order valence-electron chi connectivity index (χ1n) is 3.83. The summed E-state index contributed by atoms with van der Waals surface area (Å²) in [7, 11) is 0. The number of thioether (sulfide) groups is 1. The van der Waals surface area contributed by atoms with Crippen LogP contribution in [0, 0.1) is 0 Å². The van der Waals surface area contributed by atoms with E-state index in [1.165, 1.54) is 12.3 Å². The fraction of sp³-hybridized carbons (Fsp3) is 0.714. The van der Waals surface area contributed by atoms with Crippen LogP contribution in [0.2, 0.25) is 0 Å². The maximum absolute atomic E-state index is 12.3. The lowest BCUT2D eigenvalue weighted by atomic mass is 10.4. The van der Waals surface area contributed by atoms with Gasteiger partial charge < -0.3 is 10.6 Å². The van der Waals surface area contributed by atoms with Crippen molar-refractivity contribution in [2.75, 3.05) is 19.3 Å². The van der Waals surface area contributed by atoms with Crippen LogP contribution in [-0.2, 0) is 0 Å². The summed E-state index contributed by atoms with van der Waals surface area (Å²) in [6.07, 6.45) is -1.54. The molecule has 0 spiro atoms. The van der Waals surface area contributed by atoms with Gasteiger partial charge in [-0.3, -0.25) is 0 Å². The van der Waals surface area contributed by atoms with Crippen molar-refractivity contribution in [3.8, 4) is 0 Å². The van der Waals surface area contributed by atoms with Crippen LogP contribution >= 0.6 is 11.8 Å². The summed E-state index contributed by atoms with van der Waals surface area (Å²) in [4.78, 5) is 0. The Morgan fingerprint density at radius 3 is 2.31 bits per heavy atom. The monoisotopic (exact) mass is 212 g/mol. The zero-order valence-corrected chi connectivity index (χ0v) is 7.93. The van der Waals surface area contributed by atoms with E-state index in [4.69, 9.17) is 0 Å². The number of hydrogen-bond donors (Lipinski definition) is 2. The van der Waals surface area contributed by atoms with E-state index in [9.17, 15) is 13.2 Å². The SMILES string of the molecule is CSC(C=C1NCCN1)C(F)(F)F. The van der Waals surface area contributed by atoms with Gasteiger partial charge in [-0.05, 0) is 12.3 Å². The fourth-order valence-electron chi connectivity index (χ4n) is 1.02. The van der Waals surface area contributed by atoms with E-state index in [-0.39, 0.29) is 0 Å². The van der Waals surface area contributed by atoms with Crippen molar-refractivity contribution in [1.82, 2.24) is 10.6 Å². The predicted octanol–water partition coefficient (Wildman–Crippen LogP) is 1.31. The Morgan fingerprint density at radius 2 is 1.92 bits per heavy atom. The molecule has 1 aliphatic heterocycles. The number of alkyl halides is 3. The van der Waals surface area contributed by atoms with Gasteiger partial charge in [0.25, 0.3) is 0 Å². The van der Waals surface area contributed by atoms with Crippen LogP contribution in [0.5, 0.6) is 0 Å². The lowest BCUT2D eigenvalue weighted by Crippen LogP contribution is -2.26. The van der Waals surface area contributed by atoms with E-state index >= 15 is 0 Å². The van der Waals surface area contributed by atoms with Gasteiger partial charge in [-0.15, -0.1) is 11.8 Å². The predicted molar refractivity (Wildman–Crippen MR) is 47.4 cm³/mol. The van der Waals surface area contributed by atoms with Gasteiger partial charge >= 0.3 is 6.18 Å². The van der Waals surface area contributed by atoms with Gasteiger partial charge in [0.15, 0.2) is 0 Å². The minimum atomic E-state index is -4.17. The number of hydrogen-bond acceptors (Lipinski definition) is 3. The van der Waals surface area contributed by atoms with Gasteiger partial charge in [0.05, 0.1) is 5.82 Å². The van der Waals surface area contributed by atoms with E-state index in [0.29, 0.717) is 18.9 Å². The van der Waals surface area contributed by atoms with Crippen molar-refractivity contribution in [1.29, 1.82) is 0 Å². The van der Waals surface area contributed by atoms with Gasteiger partial charge in [0.2, 0.25) is 0 Å². The molecule has 0 radical (unpaired) electrons. The van der Waals surface area contributed by atoms with Crippen LogP contribution in [0.25, 0.3) is 0 Å². The molecule has 2 nitrogen and oxygen atoms in total. The molecule has 2 N–H and O–H groups in total. The van der Waals surface area contributed by atoms with Crippen LogP contribution < -0.4 is 10.6 Å². The van der Waals surface area contributed by atoms with E-state index in [0.717, 1.165) is 11.8 Å². The third kappa shape index (κ3) is 3.02. The second-order valence-electron chi connectivity index (χ2n) is 2.63. The van der Waals surface area contributed by atoms with Gasteiger partial charge in [0, 0.05) is 13.1 Å². The molecule has 0 aliphatic carbocycles. The average Bonchev–Trinajstić information content (AvgIpc) is 2.49. The van der Waals surface area contributed by atoms with Crippen molar-refractivity contribution in [3.05, 3.63) is 11.9 Å². The van der Waals surface area contributed by atoms with Gasteiger partial charge in [-0.2, -0.15) is 13.2 Å². The Balaban J connectivity index is 2.62. The molecule has 0 saturated carbocycles. The average molecular weight is 212 g/mol. The van der Waals surface area contributed by atoms with Crippen molar-refractivity contribution in [3.63, 3.8) is 0 Å². The molecular weight excluding hydrogens is 201 g/mol. The summed E-state index contributed by atoms with van der Waals surface area (Å²) in [5.41, 5.74) is 0. The Hall–Kier alpha value is -0.520. The Morgan fingerprint density at radius 1 is 1.38 bits per heavy atom. The second kappa shape index (κ2) is 4.13. The molecule has 0 aromatic rings. The van der Waals surface area contributed by atoms with Crippen molar-refractivity contribution < 1.29 is 13.2 Å². The third-order valence-corrected chi connectivity index (χ3v) is 2.56. The zero-order chi connectivity index (χ0) is 9.90. The zero-order valence-electron chi connectivity index (χ0n) is 7.11. The van der Waals surface area contributed by atoms with E-state index in [1.807, 2.05) is 0 Å². The largest absolute Gasteiger partial charge is 0.404 e. The van der Waals surface area contributed by atoms with E-state index < -0.39 is 11.4 Å². The Kier molecular flexibility index (Phi) is 3.35. The third-order valence-electron chi connectivity index (χ3n) is 1.65. The van der Waals surface area contributed by atoms with Crippen LogP contribution in [0.4, 0.5) is 13.2 Å². The van der Waals surface area contributed by atoms with Gasteiger partial charge in [0.1, 0.15) is 5.25 Å². The van der Waals surface area contributed by atoms with Gasteiger partial charge in [-0.25, -0.2) is 0 Å². The smallest absolute Gasteiger partial charge is 0.370 e. The summed E-state index contributed by atoms with van der Waals surface area (Å²) < 4.78 is 36.8. The molecule has 1 fully saturated rings. The first-order valence-corrected chi connectivity index (χ1v) is 5.12. The van der Waals surface area contributed by atoms with E-state index in [1.54, 1.807) is 0 Å². The molecule has 0 aromatic carbocycles. The molecule has 0 aromatic heterocycles. The molecular formula is C7H11F3N2S. The molecule has 13 heavy (non-hydrogen) atoms. The van der Waals surface area contributed by atoms with Crippen LogP contribution in [0.1, 0.15) is 0 Å². The Bertz CT molecular complexity index is 194. The quantitative estimate of drug-likeness (QED) is 0.721. The normalized spacial score (nSPS) is 19.2. The summed E-state index contributed by atoms with van der Waals surface area (Å²) in [6, 6.07) is 0. The minimum absolute atomic E-state index is 0.483. The highest BCUT2D eigenvalue weighted by molar-refractivity contribution is 7.99. The molecule has 0 bridgehead atoms. The van der Waals surface area contributed by atoms with Crippen LogP contribution in [0.3, 0.4) is 0 Å². The summed E-state index contributed by atoms with van der Waals surface area (Å²) in [6.45, 7) is 1.37. The molecule has 1 atom stereocenters. The maximum atomic E-state index is 12.3. The molecule has 1 saturated heterocycles. The lowest BCUT2D eigenvalue weighted by Gasteiger charge is -2.14. The number of halogens is 3. The molecule has 0 amide bonds. The minimum Gasteiger partial charge on any atom is -0.370 e. The van der Waals surface area contributed by atoms with Crippen LogP contribution in [-0.4, -0.2) is 30.8 Å². The topological polar surface area (TPSA) is 24.1 Å². The first-order chi connectivity index (χ1) is 6.04. The fourth-order valence-corrected chi connectivity index (χ4v) is 1.56. The first kappa shape index (κ1) is 10.6. The van der Waals surface area contributed by atoms with E-state index in [2.05, 4.69) is 10.6 Å². The van der Waals surface area contributed by atoms with Crippen LogP contribution in [0.15, 0.2) is 11.9 Å². The number of nitrogens with one attached hydrogen (secondary N) is 2. The summed E-state index contributed by atoms with van der Waals surface area (Å²) >= 11 is 0.782. The van der Waals surface area contributed by atoms with Gasteiger partial charge in [-0.1, -0.05) is 0 Å². The standard InChI is InChI=1S/C7H11F3N2S/c1-13-5(7(8,9)10)4-6-11-2-3-12-6/h4-5,11-12H,2-3H2,1H3. The maximum Gasteiger partial charge on any atom is 0.404 e. The molecule has 1 aliphatic rings. The lowest BCUT2D eigenvalue weighted by molar-refractivity contribution is -0.120. The highest BCUT2D eigenvalue weighted by Crippen LogP contribution is 2.30. The Labute approximate surface area is 79.0 Å². The van der Waals surface area contributed by atoms with Crippen molar-refractivity contribution >= 4 is 11.8 Å². The van der Waals surface area contributed by atoms with Crippen molar-refractivity contribution in [2.45, 2.75) is 11.4 Å². The highest BCUT2D eigenvalue weighted by Gasteiger charge is 2.38. The second-order valence-corrected chi connectivity index (χ2v) is 3.61. The molecule has 1 unspecified atom stereocenters. The summed E-state index contributed by atoms with van der Waals surface area (Å²) in [5, 5.41) is 4.23. The summed E-state index contributed by atoms with van der Waals surface area (Å²) in [5.74, 6) is 0.483. The van der Waals surface area contributed by atoms with Crippen molar-refractivity contribution in [2.24, 2.45) is 0 Å². The molecule has 76 valence electrons.